The average Bonchev–Trinajstić information content (AvgIpc) is 3.09. The van der Waals surface area contributed by atoms with Gasteiger partial charge < -0.3 is 0 Å². The van der Waals surface area contributed by atoms with Gasteiger partial charge in [-0.2, -0.15) is 0 Å². The van der Waals surface area contributed by atoms with E-state index in [1.807, 2.05) is 0 Å². The van der Waals surface area contributed by atoms with Crippen LogP contribution >= 0.6 is 20.8 Å². The summed E-state index contributed by atoms with van der Waals surface area (Å²) in [6.07, 6.45) is 0.770. The van der Waals surface area contributed by atoms with Crippen LogP contribution in [0.3, 0.4) is 0 Å². The Bertz CT molecular complexity index is 2120. The second-order valence-corrected chi connectivity index (χ2v) is 20.5. The van der Waals surface area contributed by atoms with Crippen LogP contribution < -0.4 is 21.2 Å². The van der Waals surface area contributed by atoms with E-state index in [2.05, 4.69) is 169 Å². The molecule has 0 aliphatic rings. The van der Waals surface area contributed by atoms with Gasteiger partial charge in [0.1, 0.15) is 0 Å². The molecular formula is C41H33BrNOP. The predicted molar refractivity (Wildman–Crippen MR) is 199 cm³/mol. The quantitative estimate of drug-likeness (QED) is 0.169. The minimum atomic E-state index is -3.50. The van der Waals surface area contributed by atoms with Gasteiger partial charge >= 0.3 is 274 Å². The van der Waals surface area contributed by atoms with Crippen LogP contribution in [0, 0.1) is 0 Å². The molecule has 0 fully saturated rings. The fourth-order valence-electron chi connectivity index (χ4n) is 6.84. The number of anilines is 1. The number of hydrogen-bond donors (Lipinski definition) is 1. The van der Waals surface area contributed by atoms with Crippen LogP contribution in [0.4, 0.5) is 5.69 Å². The van der Waals surface area contributed by atoms with Crippen molar-refractivity contribution in [3.63, 3.8) is 0 Å². The summed E-state index contributed by atoms with van der Waals surface area (Å²) in [6.45, 7) is 1.58. The maximum absolute atomic E-state index is 12.7. The normalized spacial score (nSPS) is 12.4. The number of halogens is 1. The maximum atomic E-state index is 12.7. The summed E-state index contributed by atoms with van der Waals surface area (Å²) in [5.74, 6) is -0.0972. The van der Waals surface area contributed by atoms with Crippen LogP contribution in [0.25, 0.3) is 32.7 Å². The first-order valence-electron chi connectivity index (χ1n) is 15.2. The Kier molecular flexibility index (Phi) is 7.61. The predicted octanol–water partition coefficient (Wildman–Crippen LogP) is 9.96. The molecule has 4 heteroatoms. The molecule has 0 radical (unpaired) electrons. The number of fused-ring (bicyclic) bond motifs is 2. The molecule has 0 unspecified atom stereocenters. The molecule has 0 aromatic heterocycles. The summed E-state index contributed by atoms with van der Waals surface area (Å²) >= 11 is 4.77. The first-order chi connectivity index (χ1) is 22.0. The molecule has 0 aliphatic carbocycles. The molecule has 0 aliphatic heterocycles. The van der Waals surface area contributed by atoms with Gasteiger partial charge in [0, 0.05) is 0 Å². The van der Waals surface area contributed by atoms with Gasteiger partial charge in [-0.1, -0.05) is 0 Å². The van der Waals surface area contributed by atoms with Crippen molar-refractivity contribution in [2.75, 3.05) is 5.32 Å². The fourth-order valence-corrected chi connectivity index (χ4v) is 15.0. The monoisotopic (exact) mass is 665 g/mol. The Hall–Kier alpha value is -4.56. The van der Waals surface area contributed by atoms with Crippen molar-refractivity contribution in [3.05, 3.63) is 169 Å². The molecule has 45 heavy (non-hydrogen) atoms. The van der Waals surface area contributed by atoms with E-state index in [1.54, 1.807) is 6.92 Å². The molecule has 2 nitrogen and oxygen atoms in total. The second kappa shape index (κ2) is 11.7. The van der Waals surface area contributed by atoms with Gasteiger partial charge in [0.05, 0.1) is 0 Å². The summed E-state index contributed by atoms with van der Waals surface area (Å²) in [4.78, 5) is 12.7. The summed E-state index contributed by atoms with van der Waals surface area (Å²) < 4.78 is 0. The van der Waals surface area contributed by atoms with E-state index in [0.29, 0.717) is 0 Å². The van der Waals surface area contributed by atoms with Gasteiger partial charge in [0.2, 0.25) is 0 Å². The molecule has 1 amide bonds. The Morgan fingerprint density at radius 2 is 1.02 bits per heavy atom. The molecule has 1 N–H and O–H groups in total. The van der Waals surface area contributed by atoms with E-state index in [1.165, 1.54) is 21.5 Å². The summed E-state index contributed by atoms with van der Waals surface area (Å²) in [5, 5.41) is 7.94. The van der Waals surface area contributed by atoms with E-state index in [4.69, 9.17) is 15.5 Å². The number of amides is 1. The van der Waals surface area contributed by atoms with Crippen LogP contribution in [0.15, 0.2) is 164 Å². The van der Waals surface area contributed by atoms with Gasteiger partial charge in [0.15, 0.2) is 0 Å². The number of benzene rings is 7. The van der Waals surface area contributed by atoms with Crippen molar-refractivity contribution >= 4 is 69.8 Å². The van der Waals surface area contributed by atoms with E-state index in [0.717, 1.165) is 44.5 Å². The van der Waals surface area contributed by atoms with E-state index in [9.17, 15) is 4.79 Å². The van der Waals surface area contributed by atoms with Crippen LogP contribution in [0.1, 0.15) is 12.5 Å². The van der Waals surface area contributed by atoms with E-state index in [-0.39, 0.29) is 5.91 Å². The molecular weight excluding hydrogens is 633 g/mol. The van der Waals surface area contributed by atoms with Crippen molar-refractivity contribution in [2.24, 2.45) is 0 Å². The van der Waals surface area contributed by atoms with Crippen molar-refractivity contribution in [2.45, 2.75) is 13.1 Å². The van der Waals surface area contributed by atoms with Crippen molar-refractivity contribution < 1.29 is 4.79 Å². The van der Waals surface area contributed by atoms with Crippen molar-refractivity contribution in [1.29, 1.82) is 0 Å². The van der Waals surface area contributed by atoms with E-state index >= 15 is 0 Å². The number of rotatable bonds is 7. The molecule has 0 saturated carbocycles. The van der Waals surface area contributed by atoms with Crippen LogP contribution in [-0.4, -0.2) is 5.91 Å². The SMILES string of the molecule is CC(=O)Nc1ccc2ccccc2c1-c1c(P(Br)(Cc2ccccc2)(c2ccccc2)c2ccccc2)ccc2ccccc12. The molecule has 0 spiro atoms. The van der Waals surface area contributed by atoms with Crippen molar-refractivity contribution in [3.8, 4) is 11.1 Å². The molecule has 0 heterocycles. The van der Waals surface area contributed by atoms with Gasteiger partial charge in [-0.05, 0) is 0 Å². The first-order valence-corrected chi connectivity index (χ1v) is 19.6. The third-order valence-electron chi connectivity index (χ3n) is 8.81. The zero-order valence-electron chi connectivity index (χ0n) is 25.0. The molecule has 7 rings (SSSR count). The first kappa shape index (κ1) is 29.2. The summed E-state index contributed by atoms with van der Waals surface area (Å²) in [7, 11) is 0. The standard InChI is InChI=1S/C41H33BrNOP/c1-30(44)43-38-27-25-32-17-11-13-23-36(32)40(38)41-37-24-14-12-18-33(37)26-28-39(41)45(42,34-19-7-3-8-20-34,35-21-9-4-10-22-35)29-31-15-5-2-6-16-31/h2-28H,29H2,1H3,(H,43,44). The third-order valence-corrected chi connectivity index (χ3v) is 18.3. The Morgan fingerprint density at radius 3 is 1.58 bits per heavy atom. The number of nitrogens with one attached hydrogen (secondary N) is 1. The Labute approximate surface area is 272 Å². The Balaban J connectivity index is 1.73. The topological polar surface area (TPSA) is 29.1 Å². The number of carbonyl (C=O) groups is 1. The molecule has 0 bridgehead atoms. The van der Waals surface area contributed by atoms with Gasteiger partial charge in [-0.15, -0.1) is 0 Å². The zero-order valence-corrected chi connectivity index (χ0v) is 27.5. The van der Waals surface area contributed by atoms with E-state index < -0.39 is 5.31 Å². The van der Waals surface area contributed by atoms with Gasteiger partial charge in [-0.25, -0.2) is 0 Å². The van der Waals surface area contributed by atoms with Gasteiger partial charge in [-0.3, -0.25) is 0 Å². The van der Waals surface area contributed by atoms with Crippen LogP contribution in [0.5, 0.6) is 0 Å². The summed E-state index contributed by atoms with van der Waals surface area (Å²) in [6, 6.07) is 58.5. The molecule has 0 atom stereocenters. The molecule has 7 aromatic carbocycles. The van der Waals surface area contributed by atoms with Crippen molar-refractivity contribution in [1.82, 2.24) is 0 Å². The molecule has 220 valence electrons. The van der Waals surface area contributed by atoms with Crippen LogP contribution in [0.2, 0.25) is 0 Å². The average molecular weight is 667 g/mol. The minimum absolute atomic E-state index is 0.0972. The van der Waals surface area contributed by atoms with Gasteiger partial charge in [0.25, 0.3) is 0 Å². The van der Waals surface area contributed by atoms with Crippen LogP contribution in [-0.2, 0) is 11.0 Å². The fraction of sp³-hybridized carbons (Fsp3) is 0.0488. The number of carbonyl (C=O) groups excluding carboxylic acids is 1. The second-order valence-electron chi connectivity index (χ2n) is 11.6. The zero-order chi connectivity index (χ0) is 30.9. The molecule has 7 aromatic rings. The molecule has 0 saturated heterocycles. The summed E-state index contributed by atoms with van der Waals surface area (Å²) in [5.41, 5.74) is 4.21. The third kappa shape index (κ3) is 4.97. The Morgan fingerprint density at radius 1 is 0.556 bits per heavy atom. The number of hydrogen-bond acceptors (Lipinski definition) is 1.